The highest BCUT2D eigenvalue weighted by atomic mass is 32.2. The van der Waals surface area contributed by atoms with Gasteiger partial charge in [-0.2, -0.15) is 0 Å². The van der Waals surface area contributed by atoms with Crippen LogP contribution in [0.3, 0.4) is 0 Å². The lowest BCUT2D eigenvalue weighted by Gasteiger charge is -2.30. The molecule has 0 aromatic heterocycles. The number of carbonyl (C=O) groups excluding carboxylic acids is 2. The van der Waals surface area contributed by atoms with Crippen LogP contribution >= 0.6 is 23.5 Å². The topological polar surface area (TPSA) is 37.4 Å². The highest BCUT2D eigenvalue weighted by Gasteiger charge is 2.46. The van der Waals surface area contributed by atoms with E-state index < -0.39 is 5.54 Å². The highest BCUT2D eigenvalue weighted by molar-refractivity contribution is 8.09. The van der Waals surface area contributed by atoms with Gasteiger partial charge in [0.2, 0.25) is 0 Å². The Morgan fingerprint density at radius 2 is 0.952 bits per heavy atom. The molecule has 0 spiro atoms. The first-order valence-corrected chi connectivity index (χ1v) is 8.78. The zero-order valence-corrected chi connectivity index (χ0v) is 16.2. The van der Waals surface area contributed by atoms with E-state index in [9.17, 15) is 9.59 Å². The molecule has 1 rings (SSSR count). The third-order valence-electron chi connectivity index (χ3n) is 2.49. The van der Waals surface area contributed by atoms with Crippen LogP contribution in [0.1, 0.15) is 62.3 Å². The molecule has 5 heteroatoms. The van der Waals surface area contributed by atoms with Crippen molar-refractivity contribution in [1.82, 2.24) is 4.90 Å². The maximum absolute atomic E-state index is 12.7. The fourth-order valence-electron chi connectivity index (χ4n) is 1.89. The summed E-state index contributed by atoms with van der Waals surface area (Å²) in [4.78, 5) is 28.1. The quantitative estimate of drug-likeness (QED) is 0.702. The van der Waals surface area contributed by atoms with Gasteiger partial charge in [0.1, 0.15) is 0 Å². The number of hydrogen-bond acceptors (Lipinski definition) is 4. The number of nitrogens with zero attached hydrogens (tertiary/aromatic N) is 1. The van der Waals surface area contributed by atoms with Crippen LogP contribution in [0.4, 0.5) is 0 Å². The summed E-state index contributed by atoms with van der Waals surface area (Å²) in [5, 5.41) is 0. The van der Waals surface area contributed by atoms with Crippen molar-refractivity contribution in [1.29, 1.82) is 0 Å². The van der Waals surface area contributed by atoms with E-state index in [1.807, 2.05) is 20.8 Å². The molecule has 1 heterocycles. The minimum atomic E-state index is -0.502. The molecular formula is C16H27NO2S2. The summed E-state index contributed by atoms with van der Waals surface area (Å²) < 4.78 is -0.217. The fraction of sp³-hybridized carbons (Fsp3) is 0.750. The summed E-state index contributed by atoms with van der Waals surface area (Å²) in [6.07, 6.45) is 0. The summed E-state index contributed by atoms with van der Waals surface area (Å²) in [5.74, 6) is -0.307. The standard InChI is InChI=1S/C16H27NO2S2/c1-14(2,3)17-12(18)10(20-15(4,5)6)11(13(17)19)21-16(7,8)9/h1-9H3. The molecule has 0 saturated heterocycles. The van der Waals surface area contributed by atoms with Crippen LogP contribution in [-0.2, 0) is 9.59 Å². The predicted molar refractivity (Wildman–Crippen MR) is 93.3 cm³/mol. The van der Waals surface area contributed by atoms with Crippen LogP contribution in [-0.4, -0.2) is 31.7 Å². The molecule has 0 saturated carbocycles. The lowest BCUT2D eigenvalue weighted by molar-refractivity contribution is -0.142. The summed E-state index contributed by atoms with van der Waals surface area (Å²) in [7, 11) is 0. The number of imide groups is 1. The average molecular weight is 330 g/mol. The molecule has 1 aliphatic heterocycles. The zero-order valence-electron chi connectivity index (χ0n) is 14.6. The van der Waals surface area contributed by atoms with Crippen molar-refractivity contribution < 1.29 is 9.59 Å². The van der Waals surface area contributed by atoms with Crippen molar-refractivity contribution in [3.8, 4) is 0 Å². The molecule has 0 unspecified atom stereocenters. The molecule has 0 aliphatic carbocycles. The molecule has 0 atom stereocenters. The maximum atomic E-state index is 12.7. The fourth-order valence-corrected chi connectivity index (χ4v) is 4.08. The van der Waals surface area contributed by atoms with Crippen LogP contribution < -0.4 is 0 Å². The molecule has 120 valence electrons. The molecule has 0 aromatic rings. The molecule has 21 heavy (non-hydrogen) atoms. The monoisotopic (exact) mass is 329 g/mol. The molecule has 3 nitrogen and oxygen atoms in total. The molecule has 0 bridgehead atoms. The Hall–Kier alpha value is -0.420. The van der Waals surface area contributed by atoms with Gasteiger partial charge in [-0.3, -0.25) is 14.5 Å². The van der Waals surface area contributed by atoms with Crippen LogP contribution in [0.25, 0.3) is 0 Å². The maximum Gasteiger partial charge on any atom is 0.269 e. The molecular weight excluding hydrogens is 302 g/mol. The Balaban J connectivity index is 3.31. The SMILES string of the molecule is CC(C)(C)SC1=C(SC(C)(C)C)C(=O)N(C(C)(C)C)C1=O. The zero-order chi connectivity index (χ0) is 16.8. The van der Waals surface area contributed by atoms with E-state index in [1.165, 1.54) is 28.4 Å². The van der Waals surface area contributed by atoms with Crippen molar-refractivity contribution in [2.24, 2.45) is 0 Å². The molecule has 0 fully saturated rings. The number of hydrogen-bond donors (Lipinski definition) is 0. The number of rotatable bonds is 2. The van der Waals surface area contributed by atoms with Crippen molar-refractivity contribution >= 4 is 35.3 Å². The van der Waals surface area contributed by atoms with Gasteiger partial charge in [0, 0.05) is 15.0 Å². The van der Waals surface area contributed by atoms with Crippen LogP contribution in [0.5, 0.6) is 0 Å². The number of thioether (sulfide) groups is 2. The van der Waals surface area contributed by atoms with Gasteiger partial charge >= 0.3 is 0 Å². The predicted octanol–water partition coefficient (Wildman–Crippen LogP) is 4.43. The van der Waals surface area contributed by atoms with E-state index in [0.717, 1.165) is 0 Å². The van der Waals surface area contributed by atoms with Gasteiger partial charge in [-0.05, 0) is 20.8 Å². The van der Waals surface area contributed by atoms with E-state index >= 15 is 0 Å². The second kappa shape index (κ2) is 5.65. The Labute approximate surface area is 137 Å². The summed E-state index contributed by atoms with van der Waals surface area (Å²) in [6.45, 7) is 18.0. The van der Waals surface area contributed by atoms with Gasteiger partial charge in [0.15, 0.2) is 0 Å². The number of amides is 2. The largest absolute Gasteiger partial charge is 0.269 e. The first kappa shape index (κ1) is 18.6. The third kappa shape index (κ3) is 4.78. The smallest absolute Gasteiger partial charge is 0.268 e. The van der Waals surface area contributed by atoms with E-state index in [1.54, 1.807) is 0 Å². The van der Waals surface area contributed by atoms with Gasteiger partial charge in [0.25, 0.3) is 11.8 Å². The van der Waals surface area contributed by atoms with E-state index in [2.05, 4.69) is 41.5 Å². The average Bonchev–Trinajstić information content (AvgIpc) is 2.37. The van der Waals surface area contributed by atoms with Crippen LogP contribution in [0, 0.1) is 0 Å². The second-order valence-electron chi connectivity index (χ2n) is 8.20. The molecule has 2 amide bonds. The minimum absolute atomic E-state index is 0.108. The van der Waals surface area contributed by atoms with Crippen molar-refractivity contribution in [3.63, 3.8) is 0 Å². The van der Waals surface area contributed by atoms with Crippen LogP contribution in [0.2, 0.25) is 0 Å². The Morgan fingerprint density at radius 1 is 0.667 bits per heavy atom. The van der Waals surface area contributed by atoms with Gasteiger partial charge in [-0.1, -0.05) is 41.5 Å². The first-order chi connectivity index (χ1) is 9.13. The highest BCUT2D eigenvalue weighted by Crippen LogP contribution is 2.46. The minimum Gasteiger partial charge on any atom is -0.268 e. The molecule has 0 radical (unpaired) electrons. The lowest BCUT2D eigenvalue weighted by atomic mass is 10.1. The van der Waals surface area contributed by atoms with Gasteiger partial charge in [-0.15, -0.1) is 23.5 Å². The van der Waals surface area contributed by atoms with E-state index in [4.69, 9.17) is 0 Å². The van der Waals surface area contributed by atoms with Crippen molar-refractivity contribution in [3.05, 3.63) is 9.81 Å². The van der Waals surface area contributed by atoms with E-state index in [0.29, 0.717) is 9.81 Å². The number of carbonyl (C=O) groups is 2. The lowest BCUT2D eigenvalue weighted by Crippen LogP contribution is -2.46. The Bertz CT molecular complexity index is 450. The molecule has 0 N–H and O–H groups in total. The molecule has 0 aromatic carbocycles. The normalized spacial score (nSPS) is 18.0. The second-order valence-corrected chi connectivity index (χ2v) is 11.9. The summed E-state index contributed by atoms with van der Waals surface area (Å²) >= 11 is 2.98. The van der Waals surface area contributed by atoms with Crippen molar-refractivity contribution in [2.75, 3.05) is 0 Å². The van der Waals surface area contributed by atoms with Gasteiger partial charge in [0.05, 0.1) is 9.81 Å². The molecule has 1 aliphatic rings. The summed E-state index contributed by atoms with van der Waals surface area (Å²) in [6, 6.07) is 0. The Kier molecular flexibility index (Phi) is 5.01. The van der Waals surface area contributed by atoms with Crippen molar-refractivity contribution in [2.45, 2.75) is 77.3 Å². The van der Waals surface area contributed by atoms with Crippen LogP contribution in [0.15, 0.2) is 9.81 Å². The van der Waals surface area contributed by atoms with Gasteiger partial charge in [-0.25, -0.2) is 0 Å². The first-order valence-electron chi connectivity index (χ1n) is 7.15. The third-order valence-corrected chi connectivity index (χ3v) is 5.01. The Morgan fingerprint density at radius 3 is 1.14 bits per heavy atom. The van der Waals surface area contributed by atoms with Gasteiger partial charge < -0.3 is 0 Å². The summed E-state index contributed by atoms with van der Waals surface area (Å²) in [5.41, 5.74) is -0.502. The van der Waals surface area contributed by atoms with E-state index in [-0.39, 0.29) is 21.3 Å².